The highest BCUT2D eigenvalue weighted by atomic mass is 16.3. The summed E-state index contributed by atoms with van der Waals surface area (Å²) in [5, 5.41) is 41.8. The van der Waals surface area contributed by atoms with Crippen LogP contribution in [0.2, 0.25) is 0 Å². The summed E-state index contributed by atoms with van der Waals surface area (Å²) in [6.07, 6.45) is 9.04. The predicted molar refractivity (Wildman–Crippen MR) is 180 cm³/mol. The van der Waals surface area contributed by atoms with Crippen LogP contribution in [0, 0.1) is 17.2 Å². The lowest BCUT2D eigenvalue weighted by atomic mass is 9.92. The van der Waals surface area contributed by atoms with Crippen molar-refractivity contribution in [2.24, 2.45) is 16.6 Å². The second kappa shape index (κ2) is 19.7. The van der Waals surface area contributed by atoms with Crippen LogP contribution in [-0.2, 0) is 4.79 Å². The number of carbonyl (C=O) groups excluding carboxylic acids is 1. The van der Waals surface area contributed by atoms with E-state index in [4.69, 9.17) is 16.1 Å². The third-order valence-corrected chi connectivity index (χ3v) is 9.72. The Labute approximate surface area is 271 Å². The summed E-state index contributed by atoms with van der Waals surface area (Å²) in [7, 11) is 0. The molecule has 0 aromatic rings. The molecular formula is C34H59N7O4. The Morgan fingerprint density at radius 1 is 1.11 bits per heavy atom. The third-order valence-electron chi connectivity index (χ3n) is 9.72. The van der Waals surface area contributed by atoms with E-state index in [0.717, 1.165) is 70.3 Å². The number of allylic oxidation sites excluding steroid dienone is 4. The normalized spacial score (nSPS) is 22.4. The van der Waals surface area contributed by atoms with Crippen LogP contribution >= 0.6 is 0 Å². The number of hydrogen-bond donors (Lipinski definition) is 5. The number of aliphatic hydroxyl groups is 3. The average Bonchev–Trinajstić information content (AvgIpc) is 3.07. The van der Waals surface area contributed by atoms with E-state index in [-0.39, 0.29) is 49.2 Å². The first-order chi connectivity index (χ1) is 21.5. The Balaban J connectivity index is 1.92. The van der Waals surface area contributed by atoms with Gasteiger partial charge in [0.2, 0.25) is 0 Å². The van der Waals surface area contributed by atoms with Crippen LogP contribution < -0.4 is 11.1 Å². The van der Waals surface area contributed by atoms with Gasteiger partial charge in [-0.25, -0.2) is 4.99 Å². The number of nitrogens with one attached hydrogen (secondary N) is 1. The van der Waals surface area contributed by atoms with Crippen molar-refractivity contribution in [1.82, 2.24) is 20.0 Å². The van der Waals surface area contributed by atoms with Crippen LogP contribution in [0.1, 0.15) is 80.1 Å². The number of amidine groups is 1. The summed E-state index contributed by atoms with van der Waals surface area (Å²) in [6.45, 7) is 16.1. The van der Waals surface area contributed by atoms with Gasteiger partial charge in [0.05, 0.1) is 24.4 Å². The fourth-order valence-corrected chi connectivity index (χ4v) is 6.18. The summed E-state index contributed by atoms with van der Waals surface area (Å²) in [6, 6.07) is 3.11. The van der Waals surface area contributed by atoms with E-state index in [2.05, 4.69) is 58.8 Å². The van der Waals surface area contributed by atoms with E-state index in [1.54, 1.807) is 6.92 Å². The number of nitriles is 1. The van der Waals surface area contributed by atoms with Crippen molar-refractivity contribution in [3.8, 4) is 6.07 Å². The lowest BCUT2D eigenvalue weighted by molar-refractivity contribution is -0.117. The third kappa shape index (κ3) is 11.5. The molecule has 0 aromatic heterocycles. The molecular weight excluding hydrogens is 570 g/mol. The van der Waals surface area contributed by atoms with Crippen molar-refractivity contribution in [3.05, 3.63) is 34.7 Å². The molecule has 2 saturated heterocycles. The Morgan fingerprint density at radius 3 is 2.38 bits per heavy atom. The van der Waals surface area contributed by atoms with Gasteiger partial charge in [-0.1, -0.05) is 32.4 Å². The molecule has 11 heteroatoms. The molecule has 2 rings (SSSR count). The smallest absolute Gasteiger partial charge is 0.250 e. The highest BCUT2D eigenvalue weighted by Crippen LogP contribution is 2.26. The van der Waals surface area contributed by atoms with Gasteiger partial charge < -0.3 is 31.3 Å². The van der Waals surface area contributed by atoms with Gasteiger partial charge in [0, 0.05) is 63.0 Å². The molecule has 254 valence electrons. The molecule has 1 amide bonds. The maximum atomic E-state index is 12.2. The van der Waals surface area contributed by atoms with E-state index in [1.165, 1.54) is 5.57 Å². The van der Waals surface area contributed by atoms with Gasteiger partial charge in [-0.05, 0) is 71.3 Å². The zero-order chi connectivity index (χ0) is 33.5. The molecule has 2 aliphatic rings. The standard InChI is InChI=1S/C34H59N7O4/c1-7-28(21-35)11-9-24(3)25(4)10-12-31(44)27(6)39-16-13-30(14-17-39)41-19-18-40(22-29(41)8-2)32(23-43)38-33(36)26(5)34(45)37-15-20-42/h9,11,25,27,29-31,42-44H,7-8,10,12-20,22-23,36H2,1-6H3,(H,37,45)/b24-9-,28-11+,33-26+,38-32+. The molecule has 0 aromatic carbocycles. The molecule has 4 unspecified atom stereocenters. The van der Waals surface area contributed by atoms with Crippen LogP contribution in [0.4, 0.5) is 0 Å². The van der Waals surface area contributed by atoms with Gasteiger partial charge in [0.1, 0.15) is 18.3 Å². The number of carbonyl (C=O) groups is 1. The van der Waals surface area contributed by atoms with Crippen molar-refractivity contribution in [2.45, 2.75) is 104 Å². The minimum Gasteiger partial charge on any atom is -0.395 e. The number of hydrogen-bond acceptors (Lipinski definition) is 9. The predicted octanol–water partition coefficient (Wildman–Crippen LogP) is 2.51. The van der Waals surface area contributed by atoms with Gasteiger partial charge in [-0.3, -0.25) is 14.6 Å². The molecule has 2 fully saturated rings. The number of nitrogens with two attached hydrogens (primary N) is 1. The van der Waals surface area contributed by atoms with Crippen LogP contribution in [-0.4, -0.2) is 118 Å². The number of aliphatic imine (C=N–C) groups is 1. The Hall–Kier alpha value is -2.75. The van der Waals surface area contributed by atoms with Crippen molar-refractivity contribution >= 4 is 11.7 Å². The van der Waals surface area contributed by atoms with Crippen LogP contribution in [0.25, 0.3) is 0 Å². The molecule has 0 spiro atoms. The largest absolute Gasteiger partial charge is 0.395 e. The fraction of sp³-hybridized carbons (Fsp3) is 0.735. The van der Waals surface area contributed by atoms with Gasteiger partial charge in [-0.15, -0.1) is 0 Å². The number of aliphatic hydroxyl groups excluding tert-OH is 3. The van der Waals surface area contributed by atoms with Crippen LogP contribution in [0.5, 0.6) is 0 Å². The molecule has 6 N–H and O–H groups in total. The van der Waals surface area contributed by atoms with Crippen LogP contribution in [0.3, 0.4) is 0 Å². The summed E-state index contributed by atoms with van der Waals surface area (Å²) < 4.78 is 0. The van der Waals surface area contributed by atoms with E-state index < -0.39 is 0 Å². The average molecular weight is 630 g/mol. The van der Waals surface area contributed by atoms with Crippen molar-refractivity contribution in [3.63, 3.8) is 0 Å². The first kappa shape index (κ1) is 38.4. The number of likely N-dealkylation sites (tertiary alicyclic amines) is 1. The number of nitrogens with zero attached hydrogens (tertiary/aromatic N) is 5. The SMILES string of the molecule is CC/C(C#N)=C\C=C(\C)C(C)CCC(O)C(C)N1CCC(N2CCN(/C(CO)=N/C(N)=C(\C)C(=O)NCCO)CC2CC)CC1. The van der Waals surface area contributed by atoms with Crippen molar-refractivity contribution in [1.29, 1.82) is 5.26 Å². The lowest BCUT2D eigenvalue weighted by Crippen LogP contribution is -2.60. The summed E-state index contributed by atoms with van der Waals surface area (Å²) in [5.41, 5.74) is 8.37. The maximum absolute atomic E-state index is 12.2. The van der Waals surface area contributed by atoms with E-state index in [1.807, 2.05) is 19.1 Å². The molecule has 0 bridgehead atoms. The summed E-state index contributed by atoms with van der Waals surface area (Å²) >= 11 is 0. The lowest BCUT2D eigenvalue weighted by Gasteiger charge is -2.48. The molecule has 4 atom stereocenters. The van der Waals surface area contributed by atoms with Gasteiger partial charge in [0.15, 0.2) is 0 Å². The van der Waals surface area contributed by atoms with E-state index >= 15 is 0 Å². The number of amides is 1. The Bertz CT molecular complexity index is 1100. The quantitative estimate of drug-likeness (QED) is 0.0603. The highest BCUT2D eigenvalue weighted by molar-refractivity contribution is 5.94. The van der Waals surface area contributed by atoms with E-state index in [9.17, 15) is 15.0 Å². The summed E-state index contributed by atoms with van der Waals surface area (Å²) in [4.78, 5) is 23.7. The first-order valence-corrected chi connectivity index (χ1v) is 16.7. The van der Waals surface area contributed by atoms with Crippen molar-refractivity contribution < 1.29 is 20.1 Å². The monoisotopic (exact) mass is 629 g/mol. The molecule has 0 saturated carbocycles. The topological polar surface area (TPSA) is 162 Å². The van der Waals surface area contributed by atoms with E-state index in [0.29, 0.717) is 30.4 Å². The molecule has 0 radical (unpaired) electrons. The second-order valence-corrected chi connectivity index (χ2v) is 12.5. The maximum Gasteiger partial charge on any atom is 0.250 e. The van der Waals surface area contributed by atoms with Crippen LogP contribution in [0.15, 0.2) is 39.7 Å². The molecule has 11 nitrogen and oxygen atoms in total. The Morgan fingerprint density at radius 2 is 1.80 bits per heavy atom. The first-order valence-electron chi connectivity index (χ1n) is 16.7. The molecule has 45 heavy (non-hydrogen) atoms. The molecule has 2 aliphatic heterocycles. The second-order valence-electron chi connectivity index (χ2n) is 12.5. The minimum atomic E-state index is -0.389. The molecule has 0 aliphatic carbocycles. The Kier molecular flexibility index (Phi) is 16.8. The molecule has 2 heterocycles. The van der Waals surface area contributed by atoms with Crippen molar-refractivity contribution in [2.75, 3.05) is 52.5 Å². The zero-order valence-corrected chi connectivity index (χ0v) is 28.5. The number of rotatable bonds is 15. The fourth-order valence-electron chi connectivity index (χ4n) is 6.18. The highest BCUT2D eigenvalue weighted by Gasteiger charge is 2.35. The van der Waals surface area contributed by atoms with Gasteiger partial charge >= 0.3 is 0 Å². The zero-order valence-electron chi connectivity index (χ0n) is 28.5. The summed E-state index contributed by atoms with van der Waals surface area (Å²) in [5.74, 6) is 0.481. The minimum absolute atomic E-state index is 0.0630. The number of piperazine rings is 1. The number of piperidine rings is 1. The van der Waals surface area contributed by atoms with Gasteiger partial charge in [0.25, 0.3) is 5.91 Å². The van der Waals surface area contributed by atoms with Gasteiger partial charge in [-0.2, -0.15) is 5.26 Å².